The number of ketones is 1. The van der Waals surface area contributed by atoms with Crippen LogP contribution >= 0.6 is 0 Å². The topological polar surface area (TPSA) is 30.0 Å². The summed E-state index contributed by atoms with van der Waals surface area (Å²) < 4.78 is 0. The maximum absolute atomic E-state index is 14.3. The van der Waals surface area contributed by atoms with E-state index >= 15 is 0 Å². The standard InChI is InChI=1S/C31H42N4O/c1-32-13-17-34(18-14-32)21-25-5-3-7-27(29(25)23-9-10-23)31(36)28-8-4-6-26(30(28)24-11-12-24)22-35-19-15-33(2)16-20-35/h3-8,23-24H,9-22H2,1-2H3. The molecule has 0 amide bonds. The van der Waals surface area contributed by atoms with Gasteiger partial charge in [0.2, 0.25) is 0 Å². The molecule has 0 spiro atoms. The Morgan fingerprint density at radius 2 is 1.03 bits per heavy atom. The van der Waals surface area contributed by atoms with Crippen LogP contribution < -0.4 is 0 Å². The van der Waals surface area contributed by atoms with Crippen molar-refractivity contribution in [3.05, 3.63) is 69.8 Å². The van der Waals surface area contributed by atoms with Crippen LogP contribution in [0.1, 0.15) is 75.7 Å². The highest BCUT2D eigenvalue weighted by Crippen LogP contribution is 2.47. The molecule has 36 heavy (non-hydrogen) atoms. The lowest BCUT2D eigenvalue weighted by molar-refractivity contribution is 0.103. The average molecular weight is 487 g/mol. The fraction of sp³-hybridized carbons (Fsp3) is 0.581. The molecule has 2 heterocycles. The smallest absolute Gasteiger partial charge is 0.193 e. The van der Waals surface area contributed by atoms with Crippen LogP contribution in [0, 0.1) is 0 Å². The molecular weight excluding hydrogens is 444 g/mol. The van der Waals surface area contributed by atoms with Crippen molar-refractivity contribution in [3.63, 3.8) is 0 Å². The van der Waals surface area contributed by atoms with Gasteiger partial charge in [0.1, 0.15) is 0 Å². The second-order valence-electron chi connectivity index (χ2n) is 11.8. The largest absolute Gasteiger partial charge is 0.304 e. The SMILES string of the molecule is CN1CCN(Cc2cccc(C(=O)c3cccc(CN4CCN(C)CC4)c3C3CC3)c2C2CC2)CC1. The van der Waals surface area contributed by atoms with Crippen molar-refractivity contribution in [2.24, 2.45) is 0 Å². The van der Waals surface area contributed by atoms with Crippen molar-refractivity contribution in [2.45, 2.75) is 50.6 Å². The fourth-order valence-electron chi connectivity index (χ4n) is 6.24. The van der Waals surface area contributed by atoms with E-state index in [1.54, 1.807) is 0 Å². The first kappa shape index (κ1) is 24.3. The highest BCUT2D eigenvalue weighted by atomic mass is 16.1. The van der Waals surface area contributed by atoms with Crippen LogP contribution in [0.25, 0.3) is 0 Å². The second-order valence-corrected chi connectivity index (χ2v) is 11.8. The van der Waals surface area contributed by atoms with Crippen LogP contribution in [0.5, 0.6) is 0 Å². The van der Waals surface area contributed by atoms with Crippen LogP contribution in [0.2, 0.25) is 0 Å². The Labute approximate surface area is 217 Å². The van der Waals surface area contributed by atoms with Crippen molar-refractivity contribution in [2.75, 3.05) is 66.5 Å². The van der Waals surface area contributed by atoms with Crippen molar-refractivity contribution in [1.82, 2.24) is 19.6 Å². The van der Waals surface area contributed by atoms with E-state index in [2.05, 4.69) is 70.1 Å². The van der Waals surface area contributed by atoms with Crippen LogP contribution in [0.4, 0.5) is 0 Å². The van der Waals surface area contributed by atoms with Gasteiger partial charge in [0, 0.05) is 76.6 Å². The molecule has 0 atom stereocenters. The van der Waals surface area contributed by atoms with Gasteiger partial charge >= 0.3 is 0 Å². The first-order chi connectivity index (χ1) is 17.6. The van der Waals surface area contributed by atoms with Crippen molar-refractivity contribution < 1.29 is 4.79 Å². The number of likely N-dealkylation sites (N-methyl/N-ethyl adjacent to an activating group) is 2. The lowest BCUT2D eigenvalue weighted by atomic mass is 9.87. The van der Waals surface area contributed by atoms with Gasteiger partial charge in [0.05, 0.1) is 0 Å². The lowest BCUT2D eigenvalue weighted by Crippen LogP contribution is -2.44. The van der Waals surface area contributed by atoms with Crippen LogP contribution in [0.3, 0.4) is 0 Å². The Morgan fingerprint density at radius 1 is 0.639 bits per heavy atom. The number of hydrogen-bond acceptors (Lipinski definition) is 5. The van der Waals surface area contributed by atoms with Crippen molar-refractivity contribution in [1.29, 1.82) is 0 Å². The van der Waals surface area contributed by atoms with Gasteiger partial charge in [-0.05, 0) is 73.9 Å². The minimum Gasteiger partial charge on any atom is -0.304 e. The Hall–Kier alpha value is -2.05. The van der Waals surface area contributed by atoms with E-state index in [0.29, 0.717) is 11.8 Å². The molecule has 2 saturated heterocycles. The van der Waals surface area contributed by atoms with Crippen molar-refractivity contribution in [3.8, 4) is 0 Å². The molecule has 5 nitrogen and oxygen atoms in total. The third-order valence-corrected chi connectivity index (χ3v) is 8.83. The van der Waals surface area contributed by atoms with Crippen LogP contribution in [-0.4, -0.2) is 91.8 Å². The maximum atomic E-state index is 14.3. The highest BCUT2D eigenvalue weighted by molar-refractivity contribution is 6.11. The summed E-state index contributed by atoms with van der Waals surface area (Å²) >= 11 is 0. The lowest BCUT2D eigenvalue weighted by Gasteiger charge is -2.33. The monoisotopic (exact) mass is 486 g/mol. The number of rotatable bonds is 8. The van der Waals surface area contributed by atoms with E-state index in [0.717, 1.165) is 76.6 Å². The summed E-state index contributed by atoms with van der Waals surface area (Å²) in [5.41, 5.74) is 7.43. The van der Waals surface area contributed by atoms with Crippen molar-refractivity contribution >= 4 is 5.78 Å². The molecule has 2 saturated carbocycles. The highest BCUT2D eigenvalue weighted by Gasteiger charge is 2.35. The van der Waals surface area contributed by atoms with E-state index < -0.39 is 0 Å². The Kier molecular flexibility index (Phi) is 7.00. The number of hydrogen-bond donors (Lipinski definition) is 0. The molecule has 2 aliphatic carbocycles. The zero-order valence-electron chi connectivity index (χ0n) is 22.2. The molecule has 2 aliphatic heterocycles. The summed E-state index contributed by atoms with van der Waals surface area (Å²) in [7, 11) is 4.42. The molecule has 0 unspecified atom stereocenters. The van der Waals surface area contributed by atoms with Gasteiger partial charge in [-0.3, -0.25) is 14.6 Å². The summed E-state index contributed by atoms with van der Waals surface area (Å²) in [6.45, 7) is 10.9. The summed E-state index contributed by atoms with van der Waals surface area (Å²) in [6.07, 6.45) is 4.88. The van der Waals surface area contributed by atoms with E-state index in [9.17, 15) is 4.79 Å². The number of piperazine rings is 2. The van der Waals surface area contributed by atoms with E-state index in [-0.39, 0.29) is 5.78 Å². The third-order valence-electron chi connectivity index (χ3n) is 8.83. The third kappa shape index (κ3) is 5.31. The van der Waals surface area contributed by atoms with E-state index in [1.165, 1.54) is 47.9 Å². The van der Waals surface area contributed by atoms with Gasteiger partial charge in [-0.2, -0.15) is 0 Å². The summed E-state index contributed by atoms with van der Waals surface area (Å²) in [5, 5.41) is 0. The molecular formula is C31H42N4O. The second kappa shape index (κ2) is 10.4. The van der Waals surface area contributed by atoms with Crippen LogP contribution in [-0.2, 0) is 13.1 Å². The molecule has 4 aliphatic rings. The summed E-state index contributed by atoms with van der Waals surface area (Å²) in [4.78, 5) is 24.2. The molecule has 0 aromatic heterocycles. The Morgan fingerprint density at radius 3 is 1.39 bits per heavy atom. The average Bonchev–Trinajstić information content (AvgIpc) is 3.80. The molecule has 192 valence electrons. The fourth-order valence-corrected chi connectivity index (χ4v) is 6.24. The maximum Gasteiger partial charge on any atom is 0.193 e. The van der Waals surface area contributed by atoms with Gasteiger partial charge in [-0.25, -0.2) is 0 Å². The molecule has 0 bridgehead atoms. The number of nitrogens with zero attached hydrogens (tertiary/aromatic N) is 4. The zero-order chi connectivity index (χ0) is 24.6. The van der Waals surface area contributed by atoms with E-state index in [4.69, 9.17) is 0 Å². The molecule has 0 N–H and O–H groups in total. The van der Waals surface area contributed by atoms with Gasteiger partial charge in [0.15, 0.2) is 5.78 Å². The first-order valence-electron chi connectivity index (χ1n) is 14.2. The van der Waals surface area contributed by atoms with Crippen LogP contribution in [0.15, 0.2) is 36.4 Å². The van der Waals surface area contributed by atoms with E-state index in [1.807, 2.05) is 0 Å². The minimum atomic E-state index is 0.263. The molecule has 2 aromatic carbocycles. The van der Waals surface area contributed by atoms with Gasteiger partial charge in [-0.15, -0.1) is 0 Å². The molecule has 2 aromatic rings. The Bertz CT molecular complexity index is 1000. The molecule has 6 rings (SSSR count). The Balaban J connectivity index is 1.30. The number of carbonyl (C=O) groups excluding carboxylic acids is 1. The first-order valence-corrected chi connectivity index (χ1v) is 14.2. The summed E-state index contributed by atoms with van der Waals surface area (Å²) in [6, 6.07) is 13.1. The quantitative estimate of drug-likeness (QED) is 0.523. The van der Waals surface area contributed by atoms with Gasteiger partial charge in [-0.1, -0.05) is 36.4 Å². The normalized spacial score (nSPS) is 22.7. The zero-order valence-corrected chi connectivity index (χ0v) is 22.2. The predicted molar refractivity (Wildman–Crippen MR) is 146 cm³/mol. The molecule has 0 radical (unpaired) electrons. The van der Waals surface area contributed by atoms with Gasteiger partial charge < -0.3 is 9.80 Å². The number of carbonyl (C=O) groups is 1. The molecule has 5 heteroatoms. The summed E-state index contributed by atoms with van der Waals surface area (Å²) in [5.74, 6) is 1.38. The predicted octanol–water partition coefficient (Wildman–Crippen LogP) is 4.17. The number of benzene rings is 2. The molecule has 4 fully saturated rings. The van der Waals surface area contributed by atoms with Gasteiger partial charge in [0.25, 0.3) is 0 Å². The minimum absolute atomic E-state index is 0.263.